The van der Waals surface area contributed by atoms with Gasteiger partial charge in [0.25, 0.3) is 5.91 Å². The molecule has 0 aromatic heterocycles. The minimum atomic E-state index is -0.383. The van der Waals surface area contributed by atoms with Crippen LogP contribution in [0.4, 0.5) is 0 Å². The number of benzene rings is 1. The maximum Gasteiger partial charge on any atom is 0.255 e. The molecule has 1 aliphatic heterocycles. The van der Waals surface area contributed by atoms with Gasteiger partial charge in [0.2, 0.25) is 5.91 Å². The Morgan fingerprint density at radius 2 is 2.00 bits per heavy atom. The minimum absolute atomic E-state index is 0.0197. The lowest BCUT2D eigenvalue weighted by Crippen LogP contribution is -2.51. The summed E-state index contributed by atoms with van der Waals surface area (Å²) in [4.78, 5) is 27.7. The highest BCUT2D eigenvalue weighted by atomic mass is 32.2. The van der Waals surface area contributed by atoms with E-state index < -0.39 is 0 Å². The highest BCUT2D eigenvalue weighted by molar-refractivity contribution is 8.00. The number of unbranched alkanes of at least 4 members (excludes halogenated alkanes) is 2. The quantitative estimate of drug-likeness (QED) is 0.750. The molecule has 2 unspecified atom stereocenters. The third kappa shape index (κ3) is 4.78. The lowest BCUT2D eigenvalue weighted by molar-refractivity contribution is -0.124. The number of hydrogen-bond acceptors (Lipinski definition) is 3. The van der Waals surface area contributed by atoms with Crippen molar-refractivity contribution in [2.75, 3.05) is 12.3 Å². The maximum atomic E-state index is 13.2. The van der Waals surface area contributed by atoms with Crippen molar-refractivity contribution in [3.63, 3.8) is 0 Å². The second-order valence-electron chi connectivity index (χ2n) is 7.01. The number of amides is 2. The van der Waals surface area contributed by atoms with Gasteiger partial charge in [0.15, 0.2) is 0 Å². The molecule has 2 rings (SSSR count). The van der Waals surface area contributed by atoms with Gasteiger partial charge in [-0.15, -0.1) is 11.8 Å². The number of hydrogen-bond donors (Lipinski definition) is 1. The number of thioether (sulfide) groups is 1. The Labute approximate surface area is 155 Å². The van der Waals surface area contributed by atoms with Crippen LogP contribution in [-0.4, -0.2) is 40.4 Å². The zero-order valence-electron chi connectivity index (χ0n) is 15.7. The van der Waals surface area contributed by atoms with Crippen molar-refractivity contribution in [2.45, 2.75) is 58.4 Å². The molecule has 1 saturated heterocycles. The Balaban J connectivity index is 2.17. The van der Waals surface area contributed by atoms with Crippen molar-refractivity contribution in [1.82, 2.24) is 10.2 Å². The van der Waals surface area contributed by atoms with Crippen molar-refractivity contribution in [1.29, 1.82) is 0 Å². The average Bonchev–Trinajstić information content (AvgIpc) is 3.04. The topological polar surface area (TPSA) is 49.4 Å². The van der Waals surface area contributed by atoms with Crippen LogP contribution in [0.3, 0.4) is 0 Å². The van der Waals surface area contributed by atoms with Crippen LogP contribution in [0.2, 0.25) is 0 Å². The number of carbonyl (C=O) groups excluding carboxylic acids is 2. The van der Waals surface area contributed by atoms with Crippen LogP contribution in [0.15, 0.2) is 24.3 Å². The third-order valence-electron chi connectivity index (χ3n) is 4.60. The summed E-state index contributed by atoms with van der Waals surface area (Å²) in [5, 5.41) is 3.06. The molecule has 0 saturated carbocycles. The van der Waals surface area contributed by atoms with E-state index in [-0.39, 0.29) is 23.2 Å². The second kappa shape index (κ2) is 9.27. The normalized spacial score (nSPS) is 20.1. The summed E-state index contributed by atoms with van der Waals surface area (Å²) >= 11 is 1.71. The monoisotopic (exact) mass is 362 g/mol. The molecule has 0 spiro atoms. The van der Waals surface area contributed by atoms with Gasteiger partial charge in [0, 0.05) is 17.9 Å². The van der Waals surface area contributed by atoms with Crippen LogP contribution in [0.1, 0.15) is 56.0 Å². The number of aryl methyl sites for hydroxylation is 1. The molecule has 5 heteroatoms. The van der Waals surface area contributed by atoms with E-state index in [1.54, 1.807) is 11.8 Å². The Morgan fingerprint density at radius 1 is 1.28 bits per heavy atom. The summed E-state index contributed by atoms with van der Waals surface area (Å²) in [6, 6.07) is 7.23. The molecule has 2 amide bonds. The first-order valence-corrected chi connectivity index (χ1v) is 10.3. The first-order valence-electron chi connectivity index (χ1n) is 9.25. The molecular weight excluding hydrogens is 332 g/mol. The lowest BCUT2D eigenvalue weighted by atomic mass is 10.0. The smallest absolute Gasteiger partial charge is 0.255 e. The summed E-state index contributed by atoms with van der Waals surface area (Å²) in [6.45, 7) is 8.99. The summed E-state index contributed by atoms with van der Waals surface area (Å²) in [5.41, 5.74) is 1.65. The second-order valence-corrected chi connectivity index (χ2v) is 8.16. The van der Waals surface area contributed by atoms with Crippen molar-refractivity contribution in [2.24, 2.45) is 5.92 Å². The predicted molar refractivity (Wildman–Crippen MR) is 105 cm³/mol. The van der Waals surface area contributed by atoms with E-state index in [1.165, 1.54) is 0 Å². The molecule has 1 aliphatic rings. The zero-order chi connectivity index (χ0) is 18.4. The Hall–Kier alpha value is -1.49. The van der Waals surface area contributed by atoms with Gasteiger partial charge in [-0.3, -0.25) is 9.59 Å². The van der Waals surface area contributed by atoms with Gasteiger partial charge < -0.3 is 10.2 Å². The van der Waals surface area contributed by atoms with Crippen LogP contribution >= 0.6 is 11.8 Å². The molecule has 1 fully saturated rings. The molecule has 2 atom stereocenters. The predicted octanol–water partition coefficient (Wildman–Crippen LogP) is 3.84. The summed E-state index contributed by atoms with van der Waals surface area (Å²) in [6.07, 6.45) is 3.23. The van der Waals surface area contributed by atoms with Crippen LogP contribution in [-0.2, 0) is 4.79 Å². The standard InChI is InChI=1S/C20H30N2O2S/c1-5-6-9-12-21-18(23)17-13-25-20(14(2)3)22(17)19(24)16-11-8-7-10-15(16)4/h7-8,10-11,14,17,20H,5-6,9,12-13H2,1-4H3,(H,21,23). The number of rotatable bonds is 7. The minimum Gasteiger partial charge on any atom is -0.354 e. The van der Waals surface area contributed by atoms with E-state index in [9.17, 15) is 9.59 Å². The maximum absolute atomic E-state index is 13.2. The fourth-order valence-corrected chi connectivity index (χ4v) is 4.64. The molecule has 1 aromatic rings. The van der Waals surface area contributed by atoms with E-state index in [0.29, 0.717) is 23.8 Å². The lowest BCUT2D eigenvalue weighted by Gasteiger charge is -2.31. The summed E-state index contributed by atoms with van der Waals surface area (Å²) in [5.74, 6) is 0.917. The molecule has 1 aromatic carbocycles. The zero-order valence-corrected chi connectivity index (χ0v) is 16.6. The van der Waals surface area contributed by atoms with Gasteiger partial charge in [-0.1, -0.05) is 51.8 Å². The van der Waals surface area contributed by atoms with Gasteiger partial charge in [-0.25, -0.2) is 0 Å². The Bertz CT molecular complexity index is 603. The van der Waals surface area contributed by atoms with Crippen LogP contribution in [0.25, 0.3) is 0 Å². The molecule has 0 radical (unpaired) electrons. The molecule has 4 nitrogen and oxygen atoms in total. The number of nitrogens with zero attached hydrogens (tertiary/aromatic N) is 1. The van der Waals surface area contributed by atoms with Crippen molar-refractivity contribution in [3.8, 4) is 0 Å². The van der Waals surface area contributed by atoms with E-state index >= 15 is 0 Å². The molecular formula is C20H30N2O2S. The van der Waals surface area contributed by atoms with Gasteiger partial charge in [-0.05, 0) is 30.9 Å². The van der Waals surface area contributed by atoms with Gasteiger partial charge in [0.1, 0.15) is 6.04 Å². The first-order chi connectivity index (χ1) is 12.0. The van der Waals surface area contributed by atoms with Crippen molar-refractivity contribution >= 4 is 23.6 Å². The highest BCUT2D eigenvalue weighted by Gasteiger charge is 2.43. The van der Waals surface area contributed by atoms with Crippen LogP contribution in [0, 0.1) is 12.8 Å². The molecule has 0 aliphatic carbocycles. The summed E-state index contributed by atoms with van der Waals surface area (Å²) in [7, 11) is 0. The SMILES string of the molecule is CCCCCNC(=O)C1CSC(C(C)C)N1C(=O)c1ccccc1C. The fourth-order valence-electron chi connectivity index (χ4n) is 3.16. The van der Waals surface area contributed by atoms with E-state index in [0.717, 1.165) is 24.8 Å². The largest absolute Gasteiger partial charge is 0.354 e. The van der Waals surface area contributed by atoms with Crippen LogP contribution in [0.5, 0.6) is 0 Å². The molecule has 1 heterocycles. The molecule has 1 N–H and O–H groups in total. The molecule has 0 bridgehead atoms. The van der Waals surface area contributed by atoms with E-state index in [1.807, 2.05) is 36.1 Å². The number of carbonyl (C=O) groups is 2. The van der Waals surface area contributed by atoms with Gasteiger partial charge in [-0.2, -0.15) is 0 Å². The number of nitrogens with one attached hydrogen (secondary N) is 1. The van der Waals surface area contributed by atoms with Crippen molar-refractivity contribution < 1.29 is 9.59 Å². The first kappa shape index (κ1) is 19.8. The Kier molecular flexibility index (Phi) is 7.36. The fraction of sp³-hybridized carbons (Fsp3) is 0.600. The molecule has 138 valence electrons. The van der Waals surface area contributed by atoms with E-state index in [4.69, 9.17) is 0 Å². The third-order valence-corrected chi connectivity index (χ3v) is 6.22. The summed E-state index contributed by atoms with van der Waals surface area (Å²) < 4.78 is 0. The highest BCUT2D eigenvalue weighted by Crippen LogP contribution is 2.35. The average molecular weight is 363 g/mol. The van der Waals surface area contributed by atoms with Gasteiger partial charge >= 0.3 is 0 Å². The van der Waals surface area contributed by atoms with E-state index in [2.05, 4.69) is 26.1 Å². The van der Waals surface area contributed by atoms with Gasteiger partial charge in [0.05, 0.1) is 5.37 Å². The van der Waals surface area contributed by atoms with Crippen LogP contribution < -0.4 is 5.32 Å². The Morgan fingerprint density at radius 3 is 2.64 bits per heavy atom. The van der Waals surface area contributed by atoms with Crippen molar-refractivity contribution in [3.05, 3.63) is 35.4 Å². The molecule has 25 heavy (non-hydrogen) atoms.